The van der Waals surface area contributed by atoms with Crippen molar-refractivity contribution in [1.82, 2.24) is 15.1 Å². The van der Waals surface area contributed by atoms with E-state index in [1.165, 1.54) is 0 Å². The summed E-state index contributed by atoms with van der Waals surface area (Å²) in [5.41, 5.74) is 2.05. The topological polar surface area (TPSA) is 58.6 Å². The number of benzene rings is 1. The second kappa shape index (κ2) is 9.05. The molecule has 29 heavy (non-hydrogen) atoms. The number of hydrogen-bond donors (Lipinski definition) is 0. The molecule has 0 radical (unpaired) electrons. The largest absolute Gasteiger partial charge is 0.497 e. The van der Waals surface area contributed by atoms with Crippen LogP contribution in [0.25, 0.3) is 10.6 Å². The zero-order chi connectivity index (χ0) is 20.1. The molecule has 0 bridgehead atoms. The monoisotopic (exact) mass is 408 g/mol. The van der Waals surface area contributed by atoms with Gasteiger partial charge in [0.2, 0.25) is 5.91 Å². The van der Waals surface area contributed by atoms with Gasteiger partial charge >= 0.3 is 0 Å². The van der Waals surface area contributed by atoms with Crippen LogP contribution in [0.3, 0.4) is 0 Å². The minimum absolute atomic E-state index is 0.208. The first kappa shape index (κ1) is 19.4. The molecular weight excluding hydrogens is 384 g/mol. The average Bonchev–Trinajstić information content (AvgIpc) is 3.33. The SMILES string of the molecule is COc1ccc(CCC(=O)N2CCN(c3ccc(-c4cccs4)nn3)CC2)cc1. The Kier molecular flexibility index (Phi) is 6.05. The Balaban J connectivity index is 1.26. The van der Waals surface area contributed by atoms with Crippen LogP contribution in [0.2, 0.25) is 0 Å². The quantitative estimate of drug-likeness (QED) is 0.625. The predicted octanol–water partition coefficient (Wildman–Crippen LogP) is 3.50. The van der Waals surface area contributed by atoms with Crippen LogP contribution in [0.4, 0.5) is 5.82 Å². The highest BCUT2D eigenvalue weighted by Gasteiger charge is 2.22. The average molecular weight is 409 g/mol. The van der Waals surface area contributed by atoms with Crippen molar-refractivity contribution < 1.29 is 9.53 Å². The predicted molar refractivity (Wildman–Crippen MR) is 115 cm³/mol. The van der Waals surface area contributed by atoms with Crippen molar-refractivity contribution in [2.45, 2.75) is 12.8 Å². The summed E-state index contributed by atoms with van der Waals surface area (Å²) in [5, 5.41) is 10.8. The maximum Gasteiger partial charge on any atom is 0.223 e. The Morgan fingerprint density at radius 1 is 1.03 bits per heavy atom. The van der Waals surface area contributed by atoms with Crippen LogP contribution >= 0.6 is 11.3 Å². The molecule has 3 heterocycles. The van der Waals surface area contributed by atoms with E-state index in [0.717, 1.165) is 60.3 Å². The molecule has 1 amide bonds. The summed E-state index contributed by atoms with van der Waals surface area (Å²) in [7, 11) is 1.65. The first-order valence-corrected chi connectivity index (χ1v) is 10.6. The third-order valence-corrected chi connectivity index (χ3v) is 6.06. The molecule has 1 fully saturated rings. The molecule has 1 aromatic carbocycles. The van der Waals surface area contributed by atoms with Crippen molar-refractivity contribution in [3.05, 3.63) is 59.5 Å². The van der Waals surface area contributed by atoms with Gasteiger partial charge in [-0.3, -0.25) is 4.79 Å². The lowest BCUT2D eigenvalue weighted by atomic mass is 10.1. The minimum atomic E-state index is 0.208. The minimum Gasteiger partial charge on any atom is -0.497 e. The molecule has 150 valence electrons. The Morgan fingerprint density at radius 2 is 1.83 bits per heavy atom. The fraction of sp³-hybridized carbons (Fsp3) is 0.318. The summed E-state index contributed by atoms with van der Waals surface area (Å²) in [4.78, 5) is 17.8. The molecule has 2 aromatic heterocycles. The first-order valence-electron chi connectivity index (χ1n) is 9.76. The fourth-order valence-corrected chi connectivity index (χ4v) is 4.13. The lowest BCUT2D eigenvalue weighted by molar-refractivity contribution is -0.131. The smallest absolute Gasteiger partial charge is 0.223 e. The first-order chi connectivity index (χ1) is 14.2. The van der Waals surface area contributed by atoms with Gasteiger partial charge in [0.25, 0.3) is 0 Å². The highest BCUT2D eigenvalue weighted by molar-refractivity contribution is 7.13. The summed E-state index contributed by atoms with van der Waals surface area (Å²) in [6, 6.07) is 16.0. The van der Waals surface area contributed by atoms with Gasteiger partial charge in [0, 0.05) is 32.6 Å². The van der Waals surface area contributed by atoms with Crippen LogP contribution < -0.4 is 9.64 Å². The number of ether oxygens (including phenoxy) is 1. The third-order valence-electron chi connectivity index (χ3n) is 5.17. The fourth-order valence-electron chi connectivity index (χ4n) is 3.44. The van der Waals surface area contributed by atoms with Crippen LogP contribution in [0, 0.1) is 0 Å². The van der Waals surface area contributed by atoms with Crippen LogP contribution in [-0.4, -0.2) is 54.3 Å². The lowest BCUT2D eigenvalue weighted by Gasteiger charge is -2.35. The van der Waals surface area contributed by atoms with Gasteiger partial charge in [0.1, 0.15) is 11.4 Å². The van der Waals surface area contributed by atoms with Crippen LogP contribution in [0.15, 0.2) is 53.9 Å². The molecule has 0 atom stereocenters. The maximum absolute atomic E-state index is 12.6. The van der Waals surface area contributed by atoms with E-state index < -0.39 is 0 Å². The molecule has 0 N–H and O–H groups in total. The Bertz CT molecular complexity index is 918. The number of carbonyl (C=O) groups is 1. The number of rotatable bonds is 6. The number of piperazine rings is 1. The second-order valence-electron chi connectivity index (χ2n) is 6.97. The van der Waals surface area contributed by atoms with Crippen molar-refractivity contribution in [2.75, 3.05) is 38.2 Å². The summed E-state index contributed by atoms with van der Waals surface area (Å²) >= 11 is 1.66. The molecule has 4 rings (SSSR count). The number of thiophene rings is 1. The van der Waals surface area contributed by atoms with E-state index in [1.807, 2.05) is 58.8 Å². The molecular formula is C22H24N4O2S. The molecule has 1 saturated heterocycles. The van der Waals surface area contributed by atoms with E-state index in [4.69, 9.17) is 4.74 Å². The molecule has 6 nitrogen and oxygen atoms in total. The van der Waals surface area contributed by atoms with E-state index in [2.05, 4.69) is 15.1 Å². The maximum atomic E-state index is 12.6. The van der Waals surface area contributed by atoms with Crippen LogP contribution in [-0.2, 0) is 11.2 Å². The summed E-state index contributed by atoms with van der Waals surface area (Å²) in [5.74, 6) is 1.91. The van der Waals surface area contributed by atoms with Gasteiger partial charge < -0.3 is 14.5 Å². The van der Waals surface area contributed by atoms with E-state index in [1.54, 1.807) is 18.4 Å². The van der Waals surface area contributed by atoms with Gasteiger partial charge in [-0.15, -0.1) is 21.5 Å². The van der Waals surface area contributed by atoms with Gasteiger partial charge in [-0.2, -0.15) is 0 Å². The zero-order valence-electron chi connectivity index (χ0n) is 16.5. The lowest BCUT2D eigenvalue weighted by Crippen LogP contribution is -2.49. The number of aromatic nitrogens is 2. The van der Waals surface area contributed by atoms with Crippen molar-refractivity contribution in [3.8, 4) is 16.3 Å². The van der Waals surface area contributed by atoms with Crippen molar-refractivity contribution in [2.24, 2.45) is 0 Å². The highest BCUT2D eigenvalue weighted by Crippen LogP contribution is 2.23. The highest BCUT2D eigenvalue weighted by atomic mass is 32.1. The van der Waals surface area contributed by atoms with Gasteiger partial charge in [-0.25, -0.2) is 0 Å². The normalized spacial score (nSPS) is 14.1. The molecule has 0 aliphatic carbocycles. The van der Waals surface area contributed by atoms with Crippen LogP contribution in [0.1, 0.15) is 12.0 Å². The number of hydrogen-bond acceptors (Lipinski definition) is 6. The van der Waals surface area contributed by atoms with Gasteiger partial charge in [0.15, 0.2) is 5.82 Å². The van der Waals surface area contributed by atoms with Gasteiger partial charge in [-0.05, 0) is 47.7 Å². The standard InChI is InChI=1S/C22H24N4O2S/c1-28-18-7-4-17(5-8-18)6-11-22(27)26-14-12-25(13-15-26)21-10-9-19(23-24-21)20-3-2-16-29-20/h2-5,7-10,16H,6,11-15H2,1H3. The molecule has 1 aliphatic heterocycles. The Hall–Kier alpha value is -2.93. The number of carbonyl (C=O) groups excluding carboxylic acids is 1. The van der Waals surface area contributed by atoms with E-state index in [0.29, 0.717) is 6.42 Å². The third kappa shape index (κ3) is 4.74. The molecule has 0 spiro atoms. The van der Waals surface area contributed by atoms with E-state index >= 15 is 0 Å². The summed E-state index contributed by atoms with van der Waals surface area (Å²) in [6.07, 6.45) is 1.28. The molecule has 1 aliphatic rings. The van der Waals surface area contributed by atoms with E-state index in [9.17, 15) is 4.79 Å². The number of methoxy groups -OCH3 is 1. The number of nitrogens with zero attached hydrogens (tertiary/aromatic N) is 4. The van der Waals surface area contributed by atoms with Crippen molar-refractivity contribution >= 4 is 23.1 Å². The Labute approximate surface area is 174 Å². The summed E-state index contributed by atoms with van der Waals surface area (Å²) < 4.78 is 5.17. The zero-order valence-corrected chi connectivity index (χ0v) is 17.3. The number of anilines is 1. The molecule has 0 unspecified atom stereocenters. The Morgan fingerprint density at radius 3 is 2.45 bits per heavy atom. The molecule has 0 saturated carbocycles. The van der Waals surface area contributed by atoms with Crippen molar-refractivity contribution in [3.63, 3.8) is 0 Å². The molecule has 7 heteroatoms. The van der Waals surface area contributed by atoms with Gasteiger partial charge in [0.05, 0.1) is 12.0 Å². The van der Waals surface area contributed by atoms with E-state index in [-0.39, 0.29) is 5.91 Å². The van der Waals surface area contributed by atoms with Crippen LogP contribution in [0.5, 0.6) is 5.75 Å². The number of amides is 1. The molecule has 3 aromatic rings. The second-order valence-corrected chi connectivity index (χ2v) is 7.92. The number of aryl methyl sites for hydroxylation is 1. The summed E-state index contributed by atoms with van der Waals surface area (Å²) in [6.45, 7) is 2.99. The van der Waals surface area contributed by atoms with Gasteiger partial charge in [-0.1, -0.05) is 18.2 Å². The van der Waals surface area contributed by atoms with Crippen molar-refractivity contribution in [1.29, 1.82) is 0 Å².